The molecule has 146 valence electrons. The minimum atomic E-state index is -3.48. The highest BCUT2D eigenvalue weighted by Crippen LogP contribution is 2.25. The second-order valence-electron chi connectivity index (χ2n) is 7.92. The van der Waals surface area contributed by atoms with Crippen LogP contribution >= 0.6 is 0 Å². The molecular formula is C20H32N2O3S. The highest BCUT2D eigenvalue weighted by molar-refractivity contribution is 7.89. The zero-order valence-electron chi connectivity index (χ0n) is 16.0. The molecule has 26 heavy (non-hydrogen) atoms. The van der Waals surface area contributed by atoms with Crippen LogP contribution < -0.4 is 9.46 Å². The van der Waals surface area contributed by atoms with Gasteiger partial charge in [-0.2, -0.15) is 0 Å². The molecule has 1 aromatic carbocycles. The number of rotatable bonds is 7. The number of hydrogen-bond acceptors (Lipinski definition) is 4. The van der Waals surface area contributed by atoms with E-state index in [1.54, 1.807) is 24.3 Å². The average molecular weight is 381 g/mol. The van der Waals surface area contributed by atoms with Gasteiger partial charge in [0, 0.05) is 12.6 Å². The smallest absolute Gasteiger partial charge is 0.240 e. The fraction of sp³-hybridized carbons (Fsp3) is 0.700. The molecule has 1 saturated carbocycles. The maximum Gasteiger partial charge on any atom is 0.240 e. The summed E-state index contributed by atoms with van der Waals surface area (Å²) in [4.78, 5) is 2.68. The number of sulfonamides is 1. The van der Waals surface area contributed by atoms with Crippen molar-refractivity contribution in [2.24, 2.45) is 5.92 Å². The van der Waals surface area contributed by atoms with Gasteiger partial charge < -0.3 is 4.74 Å². The highest BCUT2D eigenvalue weighted by Gasteiger charge is 2.22. The van der Waals surface area contributed by atoms with Gasteiger partial charge in [0.1, 0.15) is 5.75 Å². The van der Waals surface area contributed by atoms with Gasteiger partial charge in [0.25, 0.3) is 0 Å². The topological polar surface area (TPSA) is 58.6 Å². The van der Waals surface area contributed by atoms with Crippen molar-refractivity contribution < 1.29 is 13.2 Å². The number of benzene rings is 1. The quantitative estimate of drug-likeness (QED) is 0.788. The van der Waals surface area contributed by atoms with E-state index in [9.17, 15) is 8.42 Å². The maximum absolute atomic E-state index is 12.6. The Morgan fingerprint density at radius 3 is 2.35 bits per heavy atom. The molecule has 1 N–H and O–H groups in total. The Balaban J connectivity index is 1.52. The number of nitrogens with one attached hydrogen (secondary N) is 1. The van der Waals surface area contributed by atoms with E-state index in [1.807, 2.05) is 0 Å². The van der Waals surface area contributed by atoms with Gasteiger partial charge in [-0.3, -0.25) is 4.90 Å². The fourth-order valence-electron chi connectivity index (χ4n) is 3.81. The molecule has 3 rings (SSSR count). The first-order valence-corrected chi connectivity index (χ1v) is 11.4. The predicted molar refractivity (Wildman–Crippen MR) is 104 cm³/mol. The summed E-state index contributed by atoms with van der Waals surface area (Å²) >= 11 is 0. The number of nitrogens with zero attached hydrogens (tertiary/aromatic N) is 1. The standard InChI is InChI=1S/C20H32N2O3S/c1-16-11-13-22(14-12-16)17(2)15-21-26(23,24)20-9-7-19(8-10-20)25-18-5-3-4-6-18/h7-10,16-18,21H,3-6,11-15H2,1-2H3. The number of likely N-dealkylation sites (tertiary alicyclic amines) is 1. The van der Waals surface area contributed by atoms with Crippen LogP contribution in [0.1, 0.15) is 52.4 Å². The summed E-state index contributed by atoms with van der Waals surface area (Å²) in [7, 11) is -3.48. The predicted octanol–water partition coefficient (Wildman–Crippen LogP) is 3.41. The zero-order chi connectivity index (χ0) is 18.6. The molecule has 0 radical (unpaired) electrons. The molecule has 0 bridgehead atoms. The number of ether oxygens (including phenoxy) is 1. The Morgan fingerprint density at radius 1 is 1.12 bits per heavy atom. The minimum Gasteiger partial charge on any atom is -0.490 e. The molecule has 0 amide bonds. The van der Waals surface area contributed by atoms with Crippen molar-refractivity contribution in [2.45, 2.75) is 69.4 Å². The summed E-state index contributed by atoms with van der Waals surface area (Å²) in [6, 6.07) is 7.02. The molecule has 1 heterocycles. The molecular weight excluding hydrogens is 348 g/mol. The van der Waals surface area contributed by atoms with Gasteiger partial charge in [-0.25, -0.2) is 13.1 Å². The molecule has 2 aliphatic rings. The molecule has 1 aliphatic heterocycles. The summed E-state index contributed by atoms with van der Waals surface area (Å²) in [5.74, 6) is 1.53. The van der Waals surface area contributed by atoms with E-state index in [4.69, 9.17) is 4.74 Å². The molecule has 0 spiro atoms. The molecule has 6 heteroatoms. The second-order valence-corrected chi connectivity index (χ2v) is 9.68. The monoisotopic (exact) mass is 380 g/mol. The van der Waals surface area contributed by atoms with Gasteiger partial charge in [0.15, 0.2) is 0 Å². The number of hydrogen-bond donors (Lipinski definition) is 1. The molecule has 0 aromatic heterocycles. The van der Waals surface area contributed by atoms with Gasteiger partial charge in [-0.15, -0.1) is 0 Å². The molecule has 2 fully saturated rings. The average Bonchev–Trinajstić information content (AvgIpc) is 3.14. The molecule has 1 aliphatic carbocycles. The fourth-order valence-corrected chi connectivity index (χ4v) is 4.93. The van der Waals surface area contributed by atoms with E-state index in [1.165, 1.54) is 25.7 Å². The lowest BCUT2D eigenvalue weighted by molar-refractivity contribution is 0.148. The van der Waals surface area contributed by atoms with Crippen LogP contribution in [0, 0.1) is 5.92 Å². The molecule has 1 aromatic rings. The van der Waals surface area contributed by atoms with Gasteiger partial charge in [0.2, 0.25) is 10.0 Å². The summed E-state index contributed by atoms with van der Waals surface area (Å²) < 4.78 is 33.8. The Bertz CT molecular complexity index is 661. The largest absolute Gasteiger partial charge is 0.490 e. The van der Waals surface area contributed by atoms with Crippen LogP contribution in [0.15, 0.2) is 29.2 Å². The first kappa shape index (κ1) is 19.6. The van der Waals surface area contributed by atoms with Crippen molar-refractivity contribution in [1.29, 1.82) is 0 Å². The van der Waals surface area contributed by atoms with E-state index >= 15 is 0 Å². The third-order valence-electron chi connectivity index (χ3n) is 5.75. The highest BCUT2D eigenvalue weighted by atomic mass is 32.2. The Labute approximate surface area is 158 Å². The normalized spacial score (nSPS) is 21.8. The maximum atomic E-state index is 12.6. The third-order valence-corrected chi connectivity index (χ3v) is 7.19. The van der Waals surface area contributed by atoms with Crippen molar-refractivity contribution in [3.63, 3.8) is 0 Å². The molecule has 1 saturated heterocycles. The van der Waals surface area contributed by atoms with E-state index < -0.39 is 10.0 Å². The van der Waals surface area contributed by atoms with Crippen molar-refractivity contribution >= 4 is 10.0 Å². The van der Waals surface area contributed by atoms with E-state index in [-0.39, 0.29) is 12.1 Å². The van der Waals surface area contributed by atoms with Gasteiger partial charge in [0.05, 0.1) is 11.0 Å². The lowest BCUT2D eigenvalue weighted by atomic mass is 9.98. The number of piperidine rings is 1. The molecule has 1 atom stereocenters. The zero-order valence-corrected chi connectivity index (χ0v) is 16.8. The van der Waals surface area contributed by atoms with Crippen LogP contribution in [0.5, 0.6) is 5.75 Å². The summed E-state index contributed by atoms with van der Waals surface area (Å²) in [5, 5.41) is 0. The van der Waals surface area contributed by atoms with Crippen LogP contribution in [0.25, 0.3) is 0 Å². The van der Waals surface area contributed by atoms with Crippen molar-refractivity contribution in [3.8, 4) is 5.75 Å². The van der Waals surface area contributed by atoms with Crippen LogP contribution in [0.4, 0.5) is 0 Å². The SMILES string of the molecule is CC1CCN(C(C)CNS(=O)(=O)c2ccc(OC3CCCC3)cc2)CC1. The first-order valence-electron chi connectivity index (χ1n) is 9.94. The lowest BCUT2D eigenvalue weighted by Gasteiger charge is -2.34. The molecule has 1 unspecified atom stereocenters. The van der Waals surface area contributed by atoms with Gasteiger partial charge >= 0.3 is 0 Å². The Kier molecular flexibility index (Phi) is 6.59. The molecule has 5 nitrogen and oxygen atoms in total. The van der Waals surface area contributed by atoms with Crippen molar-refractivity contribution in [1.82, 2.24) is 9.62 Å². The second kappa shape index (κ2) is 8.72. The van der Waals surface area contributed by atoms with Crippen molar-refractivity contribution in [3.05, 3.63) is 24.3 Å². The van der Waals surface area contributed by atoms with Gasteiger partial charge in [-0.05, 0) is 88.7 Å². The first-order chi connectivity index (χ1) is 12.4. The summed E-state index contributed by atoms with van der Waals surface area (Å²) in [6.07, 6.45) is 7.29. The van der Waals surface area contributed by atoms with Crippen LogP contribution in [-0.4, -0.2) is 45.1 Å². The van der Waals surface area contributed by atoms with Crippen LogP contribution in [-0.2, 0) is 10.0 Å². The Morgan fingerprint density at radius 2 is 1.73 bits per heavy atom. The third kappa shape index (κ3) is 5.21. The van der Waals surface area contributed by atoms with Crippen LogP contribution in [0.3, 0.4) is 0 Å². The van der Waals surface area contributed by atoms with E-state index in [2.05, 4.69) is 23.5 Å². The van der Waals surface area contributed by atoms with Gasteiger partial charge in [-0.1, -0.05) is 6.92 Å². The van der Waals surface area contributed by atoms with Crippen LogP contribution in [0.2, 0.25) is 0 Å². The minimum absolute atomic E-state index is 0.210. The lowest BCUT2D eigenvalue weighted by Crippen LogP contribution is -2.45. The van der Waals surface area contributed by atoms with E-state index in [0.29, 0.717) is 11.4 Å². The summed E-state index contributed by atoms with van der Waals surface area (Å²) in [6.45, 7) is 6.92. The van der Waals surface area contributed by atoms with Crippen molar-refractivity contribution in [2.75, 3.05) is 19.6 Å². The summed E-state index contributed by atoms with van der Waals surface area (Å²) in [5.41, 5.74) is 0. The van der Waals surface area contributed by atoms with E-state index in [0.717, 1.165) is 37.6 Å². The Hall–Kier alpha value is -1.11.